The Morgan fingerprint density at radius 3 is 2.03 bits per heavy atom. The van der Waals surface area contributed by atoms with Crippen LogP contribution < -0.4 is 5.32 Å². The Labute approximate surface area is 200 Å². The van der Waals surface area contributed by atoms with Gasteiger partial charge in [-0.3, -0.25) is 9.59 Å². The van der Waals surface area contributed by atoms with Crippen molar-refractivity contribution in [2.24, 2.45) is 5.92 Å². The smallest absolute Gasteiger partial charge is 0.242 e. The quantitative estimate of drug-likeness (QED) is 0.497. The van der Waals surface area contributed by atoms with Crippen LogP contribution in [0.5, 0.6) is 0 Å². The van der Waals surface area contributed by atoms with Gasteiger partial charge in [0.2, 0.25) is 11.8 Å². The van der Waals surface area contributed by atoms with Crippen LogP contribution in [0.2, 0.25) is 0 Å². The van der Waals surface area contributed by atoms with E-state index in [1.165, 1.54) is 11.1 Å². The molecular formula is C29H42N2O2. The van der Waals surface area contributed by atoms with E-state index in [1.807, 2.05) is 26.0 Å². The zero-order valence-electron chi connectivity index (χ0n) is 21.6. The molecule has 0 bridgehead atoms. The minimum absolute atomic E-state index is 0.0158. The average Bonchev–Trinajstić information content (AvgIpc) is 2.76. The maximum atomic E-state index is 13.4. The molecule has 0 aliphatic carbocycles. The predicted molar refractivity (Wildman–Crippen MR) is 137 cm³/mol. The van der Waals surface area contributed by atoms with Gasteiger partial charge < -0.3 is 10.2 Å². The average molecular weight is 451 g/mol. The standard InChI is InChI=1S/C29H42N2O2/c1-8-26(28(33)30-19-21(2)3)31(20-24-11-9-22(4)10-12-24)27(32)18-15-23-13-16-25(17-14-23)29(5,6)7/h9-14,16-17,21,26H,8,15,18-20H2,1-7H3,(H,30,33)/t26-/m0/s1. The predicted octanol–water partition coefficient (Wildman–Crippen LogP) is 5.80. The molecule has 2 aromatic rings. The zero-order valence-corrected chi connectivity index (χ0v) is 21.6. The lowest BCUT2D eigenvalue weighted by Gasteiger charge is -2.31. The van der Waals surface area contributed by atoms with Gasteiger partial charge in [-0.1, -0.05) is 95.6 Å². The third-order valence-electron chi connectivity index (χ3n) is 5.99. The Bertz CT molecular complexity index is 893. The fourth-order valence-corrected chi connectivity index (χ4v) is 3.80. The van der Waals surface area contributed by atoms with E-state index in [0.717, 1.165) is 11.1 Å². The van der Waals surface area contributed by atoms with Crippen LogP contribution in [-0.4, -0.2) is 29.3 Å². The Kier molecular flexibility index (Phi) is 9.70. The molecule has 2 aromatic carbocycles. The summed E-state index contributed by atoms with van der Waals surface area (Å²) in [5.41, 5.74) is 4.75. The molecule has 0 aromatic heterocycles. The molecule has 1 N–H and O–H groups in total. The normalized spacial score (nSPS) is 12.5. The van der Waals surface area contributed by atoms with Crippen LogP contribution in [0, 0.1) is 12.8 Å². The first-order valence-electron chi connectivity index (χ1n) is 12.2. The molecule has 0 radical (unpaired) electrons. The van der Waals surface area contributed by atoms with Crippen molar-refractivity contribution in [3.8, 4) is 0 Å². The molecule has 33 heavy (non-hydrogen) atoms. The SMILES string of the molecule is CC[C@@H](C(=O)NCC(C)C)N(Cc1ccc(C)cc1)C(=O)CCc1ccc(C(C)(C)C)cc1. The molecule has 0 aliphatic rings. The maximum Gasteiger partial charge on any atom is 0.242 e. The number of carbonyl (C=O) groups excluding carboxylic acids is 2. The molecule has 2 amide bonds. The van der Waals surface area contributed by atoms with Gasteiger partial charge >= 0.3 is 0 Å². The molecule has 1 atom stereocenters. The van der Waals surface area contributed by atoms with Crippen LogP contribution >= 0.6 is 0 Å². The van der Waals surface area contributed by atoms with Crippen molar-refractivity contribution in [1.29, 1.82) is 0 Å². The van der Waals surface area contributed by atoms with Crippen molar-refractivity contribution >= 4 is 11.8 Å². The van der Waals surface area contributed by atoms with E-state index in [1.54, 1.807) is 4.90 Å². The summed E-state index contributed by atoms with van der Waals surface area (Å²) in [6.45, 7) is 15.8. The van der Waals surface area contributed by atoms with Crippen LogP contribution in [0.25, 0.3) is 0 Å². The number of aryl methyl sites for hydroxylation is 2. The Morgan fingerprint density at radius 1 is 0.939 bits per heavy atom. The summed E-state index contributed by atoms with van der Waals surface area (Å²) in [7, 11) is 0. The highest BCUT2D eigenvalue weighted by Gasteiger charge is 2.28. The fraction of sp³-hybridized carbons (Fsp3) is 0.517. The monoisotopic (exact) mass is 450 g/mol. The molecule has 0 fully saturated rings. The van der Waals surface area contributed by atoms with Gasteiger partial charge in [0, 0.05) is 19.5 Å². The van der Waals surface area contributed by atoms with Crippen molar-refractivity contribution in [2.75, 3.05) is 6.54 Å². The molecule has 0 saturated heterocycles. The van der Waals surface area contributed by atoms with Gasteiger partial charge in [0.1, 0.15) is 6.04 Å². The third kappa shape index (κ3) is 8.34. The van der Waals surface area contributed by atoms with Crippen molar-refractivity contribution in [1.82, 2.24) is 10.2 Å². The van der Waals surface area contributed by atoms with E-state index in [-0.39, 0.29) is 17.2 Å². The summed E-state index contributed by atoms with van der Waals surface area (Å²) in [5, 5.41) is 3.02. The summed E-state index contributed by atoms with van der Waals surface area (Å²) in [4.78, 5) is 28.1. The number of amides is 2. The Balaban J connectivity index is 2.17. The van der Waals surface area contributed by atoms with E-state index in [0.29, 0.717) is 38.3 Å². The number of carbonyl (C=O) groups is 2. The van der Waals surface area contributed by atoms with Gasteiger partial charge in [0.15, 0.2) is 0 Å². The Hall–Kier alpha value is -2.62. The Morgan fingerprint density at radius 2 is 1.52 bits per heavy atom. The minimum atomic E-state index is -0.471. The van der Waals surface area contributed by atoms with Crippen LogP contribution in [0.1, 0.15) is 76.6 Å². The largest absolute Gasteiger partial charge is 0.354 e. The van der Waals surface area contributed by atoms with Crippen LogP contribution in [0.4, 0.5) is 0 Å². The summed E-state index contributed by atoms with van der Waals surface area (Å²) >= 11 is 0. The highest BCUT2D eigenvalue weighted by Crippen LogP contribution is 2.23. The van der Waals surface area contributed by atoms with Gasteiger partial charge in [0.25, 0.3) is 0 Å². The van der Waals surface area contributed by atoms with E-state index in [9.17, 15) is 9.59 Å². The van der Waals surface area contributed by atoms with Gasteiger partial charge in [-0.15, -0.1) is 0 Å². The fourth-order valence-electron chi connectivity index (χ4n) is 3.80. The van der Waals surface area contributed by atoms with E-state index < -0.39 is 6.04 Å². The summed E-state index contributed by atoms with van der Waals surface area (Å²) < 4.78 is 0. The second-order valence-corrected chi connectivity index (χ2v) is 10.5. The number of hydrogen-bond acceptors (Lipinski definition) is 2. The van der Waals surface area contributed by atoms with Crippen LogP contribution in [-0.2, 0) is 28.0 Å². The molecule has 2 rings (SSSR count). The number of nitrogens with one attached hydrogen (secondary N) is 1. The van der Waals surface area contributed by atoms with E-state index >= 15 is 0 Å². The molecule has 4 nitrogen and oxygen atoms in total. The first-order valence-corrected chi connectivity index (χ1v) is 12.2. The molecule has 0 unspecified atom stereocenters. The van der Waals surface area contributed by atoms with E-state index in [2.05, 4.69) is 76.3 Å². The number of benzene rings is 2. The maximum absolute atomic E-state index is 13.4. The van der Waals surface area contributed by atoms with Crippen molar-refractivity contribution in [3.63, 3.8) is 0 Å². The van der Waals surface area contributed by atoms with E-state index in [4.69, 9.17) is 0 Å². The number of rotatable bonds is 10. The van der Waals surface area contributed by atoms with Crippen molar-refractivity contribution < 1.29 is 9.59 Å². The van der Waals surface area contributed by atoms with Gasteiger partial charge in [-0.2, -0.15) is 0 Å². The molecule has 0 aliphatic heterocycles. The molecule has 0 spiro atoms. The minimum Gasteiger partial charge on any atom is -0.354 e. The molecular weight excluding hydrogens is 408 g/mol. The third-order valence-corrected chi connectivity index (χ3v) is 5.99. The lowest BCUT2D eigenvalue weighted by atomic mass is 9.86. The first kappa shape index (κ1) is 26.6. The topological polar surface area (TPSA) is 49.4 Å². The van der Waals surface area contributed by atoms with Crippen molar-refractivity contribution in [2.45, 2.75) is 85.7 Å². The first-order chi connectivity index (χ1) is 15.5. The second kappa shape index (κ2) is 12.0. The van der Waals surface area contributed by atoms with Crippen LogP contribution in [0.15, 0.2) is 48.5 Å². The molecule has 0 saturated carbocycles. The summed E-state index contributed by atoms with van der Waals surface area (Å²) in [6, 6.07) is 16.2. The zero-order chi connectivity index (χ0) is 24.6. The summed E-state index contributed by atoms with van der Waals surface area (Å²) in [5.74, 6) is 0.312. The molecule has 0 heterocycles. The van der Waals surface area contributed by atoms with Gasteiger partial charge in [0.05, 0.1) is 0 Å². The highest BCUT2D eigenvalue weighted by atomic mass is 16.2. The van der Waals surface area contributed by atoms with Gasteiger partial charge in [-0.25, -0.2) is 0 Å². The lowest BCUT2D eigenvalue weighted by Crippen LogP contribution is -2.49. The van der Waals surface area contributed by atoms with Gasteiger partial charge in [-0.05, 0) is 47.8 Å². The lowest BCUT2D eigenvalue weighted by molar-refractivity contribution is -0.141. The number of hydrogen-bond donors (Lipinski definition) is 1. The van der Waals surface area contributed by atoms with Crippen molar-refractivity contribution in [3.05, 3.63) is 70.8 Å². The number of nitrogens with zero attached hydrogens (tertiary/aromatic N) is 1. The molecule has 180 valence electrons. The summed E-state index contributed by atoms with van der Waals surface area (Å²) in [6.07, 6.45) is 1.63. The highest BCUT2D eigenvalue weighted by molar-refractivity contribution is 5.87. The second-order valence-electron chi connectivity index (χ2n) is 10.5. The molecule has 4 heteroatoms. The van der Waals surface area contributed by atoms with Crippen LogP contribution in [0.3, 0.4) is 0 Å².